The Morgan fingerprint density at radius 3 is 2.72 bits per heavy atom. The van der Waals surface area contributed by atoms with E-state index >= 15 is 0 Å². The van der Waals surface area contributed by atoms with Gasteiger partial charge in [-0.1, -0.05) is 6.07 Å². The van der Waals surface area contributed by atoms with Crippen molar-refractivity contribution in [1.82, 2.24) is 4.90 Å². The van der Waals surface area contributed by atoms with Gasteiger partial charge >= 0.3 is 0 Å². The van der Waals surface area contributed by atoms with Crippen LogP contribution in [-0.4, -0.2) is 29.3 Å². The standard InChI is InChI=1S/C15H20ClNO/c1-11(2)17(9-8-16)15(18)14-7-6-12-4-3-5-13(12)10-14/h6-7,10-11H,3-5,8-9H2,1-2H3. The number of benzene rings is 1. The summed E-state index contributed by atoms with van der Waals surface area (Å²) in [7, 11) is 0. The van der Waals surface area contributed by atoms with E-state index in [0.717, 1.165) is 18.4 Å². The first-order valence-corrected chi connectivity index (χ1v) is 7.15. The van der Waals surface area contributed by atoms with Gasteiger partial charge in [-0.05, 0) is 56.4 Å². The van der Waals surface area contributed by atoms with Gasteiger partial charge in [-0.2, -0.15) is 0 Å². The van der Waals surface area contributed by atoms with Crippen LogP contribution in [0.15, 0.2) is 18.2 Å². The number of amides is 1. The molecule has 0 radical (unpaired) electrons. The number of rotatable bonds is 4. The minimum atomic E-state index is 0.0975. The zero-order valence-corrected chi connectivity index (χ0v) is 11.8. The van der Waals surface area contributed by atoms with Crippen LogP contribution >= 0.6 is 11.6 Å². The predicted molar refractivity (Wildman–Crippen MR) is 75.4 cm³/mol. The fourth-order valence-electron chi connectivity index (χ4n) is 2.56. The van der Waals surface area contributed by atoms with Crippen LogP contribution in [0.1, 0.15) is 41.8 Å². The Hall–Kier alpha value is -1.02. The van der Waals surface area contributed by atoms with Gasteiger partial charge in [0.2, 0.25) is 0 Å². The highest BCUT2D eigenvalue weighted by molar-refractivity contribution is 6.18. The molecule has 0 fully saturated rings. The van der Waals surface area contributed by atoms with Gasteiger partial charge < -0.3 is 4.90 Å². The molecule has 0 spiro atoms. The van der Waals surface area contributed by atoms with E-state index < -0.39 is 0 Å². The van der Waals surface area contributed by atoms with Crippen molar-refractivity contribution in [3.8, 4) is 0 Å². The van der Waals surface area contributed by atoms with E-state index in [0.29, 0.717) is 12.4 Å². The van der Waals surface area contributed by atoms with Gasteiger partial charge in [-0.25, -0.2) is 0 Å². The number of nitrogens with zero attached hydrogens (tertiary/aromatic N) is 1. The first-order valence-electron chi connectivity index (χ1n) is 6.62. The molecule has 0 atom stereocenters. The van der Waals surface area contributed by atoms with E-state index in [4.69, 9.17) is 11.6 Å². The quantitative estimate of drug-likeness (QED) is 0.765. The highest BCUT2D eigenvalue weighted by Gasteiger charge is 2.20. The molecular weight excluding hydrogens is 246 g/mol. The number of carbonyl (C=O) groups excluding carboxylic acids is 1. The Morgan fingerprint density at radius 1 is 1.33 bits per heavy atom. The molecule has 0 saturated carbocycles. The molecule has 1 amide bonds. The molecule has 0 unspecified atom stereocenters. The summed E-state index contributed by atoms with van der Waals surface area (Å²) in [5.41, 5.74) is 3.55. The molecular formula is C15H20ClNO. The third-order valence-corrected chi connectivity index (χ3v) is 3.72. The molecule has 0 aromatic heterocycles. The SMILES string of the molecule is CC(C)N(CCCl)C(=O)c1ccc2c(c1)CCC2. The van der Waals surface area contributed by atoms with E-state index in [2.05, 4.69) is 12.1 Å². The van der Waals surface area contributed by atoms with Crippen molar-refractivity contribution in [2.75, 3.05) is 12.4 Å². The lowest BCUT2D eigenvalue weighted by Crippen LogP contribution is -2.38. The fourth-order valence-corrected chi connectivity index (χ4v) is 2.74. The Labute approximate surface area is 114 Å². The summed E-state index contributed by atoms with van der Waals surface area (Å²) in [4.78, 5) is 14.3. The number of halogens is 1. The van der Waals surface area contributed by atoms with Gasteiger partial charge in [0.25, 0.3) is 5.91 Å². The number of fused-ring (bicyclic) bond motifs is 1. The number of aryl methyl sites for hydroxylation is 2. The van der Waals surface area contributed by atoms with Gasteiger partial charge in [0.05, 0.1) is 0 Å². The minimum Gasteiger partial charge on any atom is -0.335 e. The summed E-state index contributed by atoms with van der Waals surface area (Å²) in [6.07, 6.45) is 3.47. The van der Waals surface area contributed by atoms with Crippen LogP contribution in [0.3, 0.4) is 0 Å². The summed E-state index contributed by atoms with van der Waals surface area (Å²) in [5, 5.41) is 0. The van der Waals surface area contributed by atoms with Crippen molar-refractivity contribution >= 4 is 17.5 Å². The van der Waals surface area contributed by atoms with Crippen molar-refractivity contribution in [2.24, 2.45) is 0 Å². The van der Waals surface area contributed by atoms with Crippen molar-refractivity contribution in [3.63, 3.8) is 0 Å². The van der Waals surface area contributed by atoms with Gasteiger partial charge in [0.1, 0.15) is 0 Å². The van der Waals surface area contributed by atoms with E-state index in [-0.39, 0.29) is 11.9 Å². The average molecular weight is 266 g/mol. The zero-order valence-electron chi connectivity index (χ0n) is 11.1. The minimum absolute atomic E-state index is 0.0975. The summed E-state index contributed by atoms with van der Waals surface area (Å²) >= 11 is 5.77. The number of hydrogen-bond donors (Lipinski definition) is 0. The number of hydrogen-bond acceptors (Lipinski definition) is 1. The van der Waals surface area contributed by atoms with Crippen molar-refractivity contribution in [1.29, 1.82) is 0 Å². The fraction of sp³-hybridized carbons (Fsp3) is 0.533. The lowest BCUT2D eigenvalue weighted by Gasteiger charge is -2.26. The molecule has 0 bridgehead atoms. The second-order valence-corrected chi connectivity index (χ2v) is 5.50. The van der Waals surface area contributed by atoms with E-state index in [1.165, 1.54) is 17.5 Å². The third kappa shape index (κ3) is 2.69. The molecule has 98 valence electrons. The first kappa shape index (κ1) is 13.4. The molecule has 3 heteroatoms. The van der Waals surface area contributed by atoms with Crippen LogP contribution < -0.4 is 0 Å². The topological polar surface area (TPSA) is 20.3 Å². The molecule has 0 aliphatic heterocycles. The van der Waals surface area contributed by atoms with Crippen LogP contribution in [0.25, 0.3) is 0 Å². The lowest BCUT2D eigenvalue weighted by molar-refractivity contribution is 0.0718. The predicted octanol–water partition coefficient (Wildman–Crippen LogP) is 3.26. The molecule has 2 rings (SSSR count). The molecule has 1 aromatic rings. The maximum atomic E-state index is 12.4. The van der Waals surface area contributed by atoms with Crippen molar-refractivity contribution < 1.29 is 4.79 Å². The van der Waals surface area contributed by atoms with Crippen LogP contribution in [0.5, 0.6) is 0 Å². The van der Waals surface area contributed by atoms with Crippen LogP contribution in [0.4, 0.5) is 0 Å². The molecule has 18 heavy (non-hydrogen) atoms. The van der Waals surface area contributed by atoms with Crippen LogP contribution in [-0.2, 0) is 12.8 Å². The Balaban J connectivity index is 2.22. The molecule has 1 aromatic carbocycles. The smallest absolute Gasteiger partial charge is 0.254 e. The highest BCUT2D eigenvalue weighted by Crippen LogP contribution is 2.23. The Morgan fingerprint density at radius 2 is 2.06 bits per heavy atom. The summed E-state index contributed by atoms with van der Waals surface area (Å²) < 4.78 is 0. The average Bonchev–Trinajstić information content (AvgIpc) is 2.81. The normalized spacial score (nSPS) is 13.8. The molecule has 1 aliphatic carbocycles. The molecule has 0 saturated heterocycles. The summed E-state index contributed by atoms with van der Waals surface area (Å²) in [6, 6.07) is 6.31. The Bertz CT molecular complexity index is 442. The lowest BCUT2D eigenvalue weighted by atomic mass is 10.1. The Kier molecular flexibility index (Phi) is 4.28. The zero-order chi connectivity index (χ0) is 13.1. The number of carbonyl (C=O) groups is 1. The first-order chi connectivity index (χ1) is 8.63. The summed E-state index contributed by atoms with van der Waals surface area (Å²) in [6.45, 7) is 4.66. The highest BCUT2D eigenvalue weighted by atomic mass is 35.5. The van der Waals surface area contributed by atoms with Gasteiger partial charge in [-0.15, -0.1) is 11.6 Å². The van der Waals surface area contributed by atoms with E-state index in [9.17, 15) is 4.79 Å². The molecule has 0 heterocycles. The number of alkyl halides is 1. The largest absolute Gasteiger partial charge is 0.335 e. The van der Waals surface area contributed by atoms with Crippen molar-refractivity contribution in [2.45, 2.75) is 39.2 Å². The molecule has 0 N–H and O–H groups in total. The van der Waals surface area contributed by atoms with Gasteiger partial charge in [0.15, 0.2) is 0 Å². The second-order valence-electron chi connectivity index (χ2n) is 5.12. The monoisotopic (exact) mass is 265 g/mol. The van der Waals surface area contributed by atoms with Gasteiger partial charge in [0, 0.05) is 24.0 Å². The van der Waals surface area contributed by atoms with Crippen molar-refractivity contribution in [3.05, 3.63) is 34.9 Å². The van der Waals surface area contributed by atoms with E-state index in [1.54, 1.807) is 0 Å². The van der Waals surface area contributed by atoms with Crippen LogP contribution in [0, 0.1) is 0 Å². The second kappa shape index (κ2) is 5.75. The summed E-state index contributed by atoms with van der Waals surface area (Å²) in [5.74, 6) is 0.579. The maximum absolute atomic E-state index is 12.4. The third-order valence-electron chi connectivity index (χ3n) is 3.56. The van der Waals surface area contributed by atoms with Crippen LogP contribution in [0.2, 0.25) is 0 Å². The molecule has 1 aliphatic rings. The maximum Gasteiger partial charge on any atom is 0.254 e. The van der Waals surface area contributed by atoms with Gasteiger partial charge in [-0.3, -0.25) is 4.79 Å². The molecule has 2 nitrogen and oxygen atoms in total. The van der Waals surface area contributed by atoms with E-state index in [1.807, 2.05) is 24.8 Å².